The lowest BCUT2D eigenvalue weighted by molar-refractivity contribution is -0.177. The van der Waals surface area contributed by atoms with Gasteiger partial charge in [0.25, 0.3) is 6.47 Å². The van der Waals surface area contributed by atoms with Crippen molar-refractivity contribution < 1.29 is 19.1 Å². The number of rotatable bonds is 4. The van der Waals surface area contributed by atoms with E-state index >= 15 is 0 Å². The van der Waals surface area contributed by atoms with Gasteiger partial charge in [-0.3, -0.25) is 4.79 Å². The van der Waals surface area contributed by atoms with Gasteiger partial charge in [0, 0.05) is 0 Å². The van der Waals surface area contributed by atoms with Crippen LogP contribution in [0.5, 0.6) is 0 Å². The van der Waals surface area contributed by atoms with Crippen molar-refractivity contribution in [2.24, 2.45) is 0 Å². The minimum absolute atomic E-state index is 0.260. The van der Waals surface area contributed by atoms with E-state index < -0.39 is 11.6 Å². The summed E-state index contributed by atoms with van der Waals surface area (Å²) in [5.74, 6) is -0.486. The van der Waals surface area contributed by atoms with Crippen LogP contribution in [-0.4, -0.2) is 23.6 Å². The van der Waals surface area contributed by atoms with Gasteiger partial charge in [-0.1, -0.05) is 0 Å². The highest BCUT2D eigenvalue weighted by atomic mass is 16.6. The maximum Gasteiger partial charge on any atom is 0.350 e. The molecule has 0 aliphatic heterocycles. The average Bonchev–Trinajstić information content (AvgIpc) is 2.67. The first kappa shape index (κ1) is 10.0. The van der Waals surface area contributed by atoms with Crippen LogP contribution in [0.2, 0.25) is 0 Å². The van der Waals surface area contributed by atoms with E-state index in [1.807, 2.05) is 6.92 Å². The number of carbonyl (C=O) groups is 2. The second-order valence-electron chi connectivity index (χ2n) is 4.06. The van der Waals surface area contributed by atoms with Gasteiger partial charge in [0.15, 0.2) is 0 Å². The summed E-state index contributed by atoms with van der Waals surface area (Å²) in [5.41, 5.74) is -1.49. The first-order chi connectivity index (χ1) is 5.90. The fourth-order valence-electron chi connectivity index (χ4n) is 0.793. The molecular weight excluding hydrogens is 172 g/mol. The molecule has 1 fully saturated rings. The molecule has 1 saturated carbocycles. The summed E-state index contributed by atoms with van der Waals surface area (Å²) in [4.78, 5) is 21.5. The normalized spacial score (nSPS) is 19.0. The molecule has 0 atom stereocenters. The Morgan fingerprint density at radius 1 is 1.46 bits per heavy atom. The molecule has 0 aromatic heterocycles. The number of hydrogen-bond donors (Lipinski definition) is 0. The molecule has 0 heterocycles. The van der Waals surface area contributed by atoms with Crippen molar-refractivity contribution in [3.63, 3.8) is 0 Å². The highest BCUT2D eigenvalue weighted by Gasteiger charge is 2.45. The molecule has 0 unspecified atom stereocenters. The van der Waals surface area contributed by atoms with Crippen LogP contribution < -0.4 is 0 Å². The predicted molar refractivity (Wildman–Crippen MR) is 45.0 cm³/mol. The Labute approximate surface area is 77.2 Å². The number of ether oxygens (including phenoxy) is 2. The van der Waals surface area contributed by atoms with E-state index in [1.54, 1.807) is 0 Å². The van der Waals surface area contributed by atoms with E-state index in [1.165, 1.54) is 13.8 Å². The quantitative estimate of drug-likeness (QED) is 0.486. The Bertz CT molecular complexity index is 228. The smallest absolute Gasteiger partial charge is 0.350 e. The molecule has 0 N–H and O–H groups in total. The van der Waals surface area contributed by atoms with Crippen molar-refractivity contribution in [1.82, 2.24) is 0 Å². The summed E-state index contributed by atoms with van der Waals surface area (Å²) < 4.78 is 9.75. The first-order valence-electron chi connectivity index (χ1n) is 4.25. The standard InChI is InChI=1S/C9H14O4/c1-8(2,12-6-10)7(11)13-9(3)4-5-9/h6H,4-5H2,1-3H3. The first-order valence-corrected chi connectivity index (χ1v) is 4.25. The molecule has 4 nitrogen and oxygen atoms in total. The van der Waals surface area contributed by atoms with Crippen molar-refractivity contribution in [2.45, 2.75) is 44.8 Å². The van der Waals surface area contributed by atoms with Gasteiger partial charge in [-0.25, -0.2) is 4.79 Å². The molecule has 0 aromatic rings. The summed E-state index contributed by atoms with van der Waals surface area (Å²) >= 11 is 0. The highest BCUT2D eigenvalue weighted by molar-refractivity contribution is 5.80. The zero-order valence-electron chi connectivity index (χ0n) is 8.12. The monoisotopic (exact) mass is 186 g/mol. The molecule has 13 heavy (non-hydrogen) atoms. The third-order valence-corrected chi connectivity index (χ3v) is 2.13. The molecular formula is C9H14O4. The summed E-state index contributed by atoms with van der Waals surface area (Å²) in [6, 6.07) is 0. The molecule has 0 bridgehead atoms. The lowest BCUT2D eigenvalue weighted by Gasteiger charge is -2.22. The SMILES string of the molecule is CC1(OC(=O)C(C)(C)OC=O)CC1. The topological polar surface area (TPSA) is 52.6 Å². The third-order valence-electron chi connectivity index (χ3n) is 2.13. The van der Waals surface area contributed by atoms with Gasteiger partial charge in [-0.05, 0) is 33.6 Å². The van der Waals surface area contributed by atoms with Crippen LogP contribution >= 0.6 is 0 Å². The predicted octanol–water partition coefficient (Wildman–Crippen LogP) is 1.03. The summed E-state index contributed by atoms with van der Waals surface area (Å²) in [6.07, 6.45) is 1.77. The number of esters is 1. The van der Waals surface area contributed by atoms with E-state index in [9.17, 15) is 9.59 Å². The minimum Gasteiger partial charge on any atom is -0.456 e. The maximum absolute atomic E-state index is 11.4. The van der Waals surface area contributed by atoms with Crippen LogP contribution in [0.15, 0.2) is 0 Å². The van der Waals surface area contributed by atoms with E-state index in [0.29, 0.717) is 0 Å². The molecule has 1 rings (SSSR count). The Hall–Kier alpha value is -1.06. The van der Waals surface area contributed by atoms with E-state index in [0.717, 1.165) is 12.8 Å². The van der Waals surface area contributed by atoms with Crippen molar-refractivity contribution >= 4 is 12.4 Å². The van der Waals surface area contributed by atoms with Gasteiger partial charge in [-0.2, -0.15) is 0 Å². The van der Waals surface area contributed by atoms with Crippen LogP contribution in [0.25, 0.3) is 0 Å². The fraction of sp³-hybridized carbons (Fsp3) is 0.778. The molecule has 74 valence electrons. The van der Waals surface area contributed by atoms with Crippen LogP contribution in [-0.2, 0) is 19.1 Å². The summed E-state index contributed by atoms with van der Waals surface area (Å²) in [7, 11) is 0. The molecule has 1 aliphatic carbocycles. The van der Waals surface area contributed by atoms with Gasteiger partial charge in [0.2, 0.25) is 5.60 Å². The second-order valence-corrected chi connectivity index (χ2v) is 4.06. The minimum atomic E-state index is -1.17. The molecule has 0 saturated heterocycles. The second kappa shape index (κ2) is 3.01. The Kier molecular flexibility index (Phi) is 2.32. The molecule has 0 amide bonds. The van der Waals surface area contributed by atoms with Gasteiger partial charge < -0.3 is 9.47 Å². The van der Waals surface area contributed by atoms with Crippen LogP contribution in [0.1, 0.15) is 33.6 Å². The lowest BCUT2D eigenvalue weighted by atomic mass is 10.1. The average molecular weight is 186 g/mol. The van der Waals surface area contributed by atoms with Gasteiger partial charge >= 0.3 is 5.97 Å². The van der Waals surface area contributed by atoms with Crippen molar-refractivity contribution in [1.29, 1.82) is 0 Å². The van der Waals surface area contributed by atoms with Gasteiger partial charge in [0.05, 0.1) is 0 Å². The van der Waals surface area contributed by atoms with Crippen molar-refractivity contribution in [2.75, 3.05) is 0 Å². The van der Waals surface area contributed by atoms with Crippen LogP contribution in [0.3, 0.4) is 0 Å². The molecule has 0 spiro atoms. The Balaban J connectivity index is 2.50. The highest BCUT2D eigenvalue weighted by Crippen LogP contribution is 2.39. The van der Waals surface area contributed by atoms with E-state index in [4.69, 9.17) is 4.74 Å². The summed E-state index contributed by atoms with van der Waals surface area (Å²) in [6.45, 7) is 5.14. The third kappa shape index (κ3) is 2.44. The van der Waals surface area contributed by atoms with Crippen molar-refractivity contribution in [3.05, 3.63) is 0 Å². The zero-order chi connectivity index (χ0) is 10.1. The Morgan fingerprint density at radius 3 is 2.38 bits per heavy atom. The maximum atomic E-state index is 11.4. The van der Waals surface area contributed by atoms with Crippen LogP contribution in [0, 0.1) is 0 Å². The van der Waals surface area contributed by atoms with E-state index in [-0.39, 0.29) is 12.1 Å². The molecule has 1 aliphatic rings. The number of hydrogen-bond acceptors (Lipinski definition) is 4. The largest absolute Gasteiger partial charge is 0.456 e. The Morgan fingerprint density at radius 2 is 2.00 bits per heavy atom. The molecule has 4 heteroatoms. The fourth-order valence-corrected chi connectivity index (χ4v) is 0.793. The lowest BCUT2D eigenvalue weighted by Crippen LogP contribution is -2.38. The summed E-state index contributed by atoms with van der Waals surface area (Å²) in [5, 5.41) is 0. The molecule has 0 radical (unpaired) electrons. The number of carbonyl (C=O) groups excluding carboxylic acids is 2. The van der Waals surface area contributed by atoms with Crippen molar-refractivity contribution in [3.8, 4) is 0 Å². The van der Waals surface area contributed by atoms with Crippen LogP contribution in [0.4, 0.5) is 0 Å². The van der Waals surface area contributed by atoms with Gasteiger partial charge in [-0.15, -0.1) is 0 Å². The van der Waals surface area contributed by atoms with Gasteiger partial charge in [0.1, 0.15) is 5.60 Å². The van der Waals surface area contributed by atoms with E-state index in [2.05, 4.69) is 4.74 Å². The molecule has 0 aromatic carbocycles. The zero-order valence-corrected chi connectivity index (χ0v) is 8.12.